The Morgan fingerprint density at radius 3 is 1.84 bits per heavy atom. The molecule has 2 rings (SSSR count). The van der Waals surface area contributed by atoms with Crippen molar-refractivity contribution >= 4 is 17.6 Å². The van der Waals surface area contributed by atoms with E-state index in [4.69, 9.17) is 16.7 Å². The van der Waals surface area contributed by atoms with Gasteiger partial charge in [0.1, 0.15) is 0 Å². The molecule has 0 spiro atoms. The Hall–Kier alpha value is -1.02. The summed E-state index contributed by atoms with van der Waals surface area (Å²) in [5, 5.41) is 9.08. The molecule has 2 nitrogen and oxygen atoms in total. The molecule has 0 aliphatic heterocycles. The lowest BCUT2D eigenvalue weighted by molar-refractivity contribution is 0.0696. The smallest absolute Gasteiger partial charge is 0.337 e. The maximum atomic E-state index is 10.7. The minimum atomic E-state index is -0.971. The predicted octanol–water partition coefficient (Wildman–Crippen LogP) is 5.10. The molecule has 0 aromatic heterocycles. The standard InChI is InChI=1S/C9H9ClO2.C7H14/c1-5-3-4-7(10)8(6(5)2)9(11)12;1-6(2)5-7(6,3)4/h3-4H,1-2H3,(H,11,12);5H2,1-4H3. The lowest BCUT2D eigenvalue weighted by atomic mass is 10.0. The van der Waals surface area contributed by atoms with E-state index in [1.807, 2.05) is 13.0 Å². The molecule has 1 saturated carbocycles. The van der Waals surface area contributed by atoms with E-state index in [2.05, 4.69) is 27.7 Å². The normalized spacial score (nSPS) is 18.3. The van der Waals surface area contributed by atoms with E-state index in [1.165, 1.54) is 6.42 Å². The lowest BCUT2D eigenvalue weighted by Gasteiger charge is -2.05. The third kappa shape index (κ3) is 3.50. The minimum Gasteiger partial charge on any atom is -0.478 e. The lowest BCUT2D eigenvalue weighted by Crippen LogP contribution is -2.02. The molecule has 0 bridgehead atoms. The van der Waals surface area contributed by atoms with Crippen LogP contribution in [0.25, 0.3) is 0 Å². The van der Waals surface area contributed by atoms with Gasteiger partial charge in [0.25, 0.3) is 0 Å². The summed E-state index contributed by atoms with van der Waals surface area (Å²) in [5.74, 6) is -0.971. The minimum absolute atomic E-state index is 0.205. The van der Waals surface area contributed by atoms with Gasteiger partial charge in [0.2, 0.25) is 0 Å². The summed E-state index contributed by atoms with van der Waals surface area (Å²) in [5.41, 5.74) is 3.17. The van der Waals surface area contributed by atoms with E-state index in [0.29, 0.717) is 15.9 Å². The van der Waals surface area contributed by atoms with Gasteiger partial charge in [-0.25, -0.2) is 4.79 Å². The Morgan fingerprint density at radius 1 is 1.16 bits per heavy atom. The summed E-state index contributed by atoms with van der Waals surface area (Å²) in [6.07, 6.45) is 1.40. The number of carboxylic acids is 1. The zero-order valence-electron chi connectivity index (χ0n) is 12.6. The van der Waals surface area contributed by atoms with Gasteiger partial charge in [0.15, 0.2) is 0 Å². The first-order chi connectivity index (χ1) is 8.49. The van der Waals surface area contributed by atoms with E-state index in [1.54, 1.807) is 13.0 Å². The molecular weight excluding hydrogens is 260 g/mol. The van der Waals surface area contributed by atoms with Gasteiger partial charge in [-0.2, -0.15) is 0 Å². The van der Waals surface area contributed by atoms with E-state index >= 15 is 0 Å². The molecule has 0 atom stereocenters. The fourth-order valence-electron chi connectivity index (χ4n) is 2.11. The van der Waals surface area contributed by atoms with Crippen LogP contribution in [0.4, 0.5) is 0 Å². The van der Waals surface area contributed by atoms with Gasteiger partial charge < -0.3 is 5.11 Å². The first kappa shape index (κ1) is 16.0. The number of aromatic carboxylic acids is 1. The number of carboxylic acid groups (broad SMARTS) is 1. The molecule has 0 heterocycles. The number of hydrogen-bond donors (Lipinski definition) is 1. The van der Waals surface area contributed by atoms with Gasteiger partial charge in [-0.05, 0) is 48.3 Å². The van der Waals surface area contributed by atoms with Crippen LogP contribution in [0, 0.1) is 24.7 Å². The molecule has 106 valence electrons. The molecule has 1 aromatic rings. The van der Waals surface area contributed by atoms with Crippen LogP contribution in [0.5, 0.6) is 0 Å². The van der Waals surface area contributed by atoms with Crippen LogP contribution in [0.2, 0.25) is 5.02 Å². The maximum Gasteiger partial charge on any atom is 0.337 e. The van der Waals surface area contributed by atoms with E-state index in [-0.39, 0.29) is 5.56 Å². The summed E-state index contributed by atoms with van der Waals surface area (Å²) >= 11 is 5.72. The van der Waals surface area contributed by atoms with Crippen LogP contribution in [-0.4, -0.2) is 11.1 Å². The molecule has 1 aromatic carbocycles. The van der Waals surface area contributed by atoms with Crippen molar-refractivity contribution in [3.63, 3.8) is 0 Å². The fraction of sp³-hybridized carbons (Fsp3) is 0.562. The van der Waals surface area contributed by atoms with Crippen molar-refractivity contribution in [2.75, 3.05) is 0 Å². The first-order valence-electron chi connectivity index (χ1n) is 6.48. The van der Waals surface area contributed by atoms with Gasteiger partial charge >= 0.3 is 5.97 Å². The molecule has 1 fully saturated rings. The number of hydrogen-bond acceptors (Lipinski definition) is 1. The number of aryl methyl sites for hydroxylation is 1. The second kappa shape index (κ2) is 5.16. The second-order valence-electron chi connectivity index (χ2n) is 6.61. The predicted molar refractivity (Wildman–Crippen MR) is 80.1 cm³/mol. The zero-order chi connectivity index (χ0) is 15.0. The zero-order valence-corrected chi connectivity index (χ0v) is 13.4. The Bertz CT molecular complexity index is 490. The van der Waals surface area contributed by atoms with Crippen molar-refractivity contribution in [2.24, 2.45) is 10.8 Å². The Balaban J connectivity index is 0.000000218. The third-order valence-electron chi connectivity index (χ3n) is 4.49. The van der Waals surface area contributed by atoms with Crippen molar-refractivity contribution in [3.05, 3.63) is 33.8 Å². The van der Waals surface area contributed by atoms with Crippen LogP contribution in [0.1, 0.15) is 55.6 Å². The molecule has 0 radical (unpaired) electrons. The van der Waals surface area contributed by atoms with E-state index in [9.17, 15) is 4.79 Å². The summed E-state index contributed by atoms with van der Waals surface area (Å²) in [6.45, 7) is 12.9. The van der Waals surface area contributed by atoms with Crippen molar-refractivity contribution < 1.29 is 9.90 Å². The first-order valence-corrected chi connectivity index (χ1v) is 6.86. The van der Waals surface area contributed by atoms with E-state index < -0.39 is 5.97 Å². The summed E-state index contributed by atoms with van der Waals surface area (Å²) < 4.78 is 0. The monoisotopic (exact) mass is 282 g/mol. The molecule has 0 unspecified atom stereocenters. The van der Waals surface area contributed by atoms with Crippen molar-refractivity contribution in [3.8, 4) is 0 Å². The number of benzene rings is 1. The largest absolute Gasteiger partial charge is 0.478 e. The average Bonchev–Trinajstić information content (AvgIpc) is 2.69. The number of carbonyl (C=O) groups is 1. The summed E-state index contributed by atoms with van der Waals surface area (Å²) in [4.78, 5) is 10.7. The number of halogens is 1. The Kier molecular flexibility index (Phi) is 4.36. The molecular formula is C16H23ClO2. The molecule has 1 aliphatic rings. The highest BCUT2D eigenvalue weighted by Gasteiger charge is 2.53. The quantitative estimate of drug-likeness (QED) is 0.778. The SMILES string of the molecule is CC1(C)CC1(C)C.Cc1ccc(Cl)c(C(=O)O)c1C. The van der Waals surface area contributed by atoms with Gasteiger partial charge in [-0.3, -0.25) is 0 Å². The highest BCUT2D eigenvalue weighted by atomic mass is 35.5. The van der Waals surface area contributed by atoms with Crippen LogP contribution < -0.4 is 0 Å². The van der Waals surface area contributed by atoms with E-state index in [0.717, 1.165) is 11.1 Å². The average molecular weight is 283 g/mol. The van der Waals surface area contributed by atoms with Gasteiger partial charge in [-0.15, -0.1) is 0 Å². The van der Waals surface area contributed by atoms with Crippen molar-refractivity contribution in [2.45, 2.75) is 48.0 Å². The summed E-state index contributed by atoms with van der Waals surface area (Å²) in [6, 6.07) is 3.41. The Morgan fingerprint density at radius 2 is 1.58 bits per heavy atom. The van der Waals surface area contributed by atoms with Crippen LogP contribution in [0.15, 0.2) is 12.1 Å². The van der Waals surface area contributed by atoms with Crippen LogP contribution >= 0.6 is 11.6 Å². The van der Waals surface area contributed by atoms with Crippen molar-refractivity contribution in [1.82, 2.24) is 0 Å². The topological polar surface area (TPSA) is 37.3 Å². The second-order valence-corrected chi connectivity index (χ2v) is 7.02. The van der Waals surface area contributed by atoms with Crippen LogP contribution in [-0.2, 0) is 0 Å². The summed E-state index contributed by atoms with van der Waals surface area (Å²) in [7, 11) is 0. The fourth-order valence-corrected chi connectivity index (χ4v) is 2.39. The highest BCUT2D eigenvalue weighted by Crippen LogP contribution is 2.62. The molecule has 0 amide bonds. The Labute approximate surface area is 120 Å². The molecule has 1 aliphatic carbocycles. The van der Waals surface area contributed by atoms with Crippen LogP contribution in [0.3, 0.4) is 0 Å². The molecule has 1 N–H and O–H groups in total. The highest BCUT2D eigenvalue weighted by molar-refractivity contribution is 6.33. The maximum absolute atomic E-state index is 10.7. The molecule has 0 saturated heterocycles. The number of rotatable bonds is 1. The van der Waals surface area contributed by atoms with Crippen molar-refractivity contribution in [1.29, 1.82) is 0 Å². The third-order valence-corrected chi connectivity index (χ3v) is 4.80. The van der Waals surface area contributed by atoms with Gasteiger partial charge in [0.05, 0.1) is 10.6 Å². The molecule has 19 heavy (non-hydrogen) atoms. The van der Waals surface area contributed by atoms with Gasteiger partial charge in [-0.1, -0.05) is 45.4 Å². The molecule has 3 heteroatoms. The van der Waals surface area contributed by atoms with Gasteiger partial charge in [0, 0.05) is 0 Å².